The summed E-state index contributed by atoms with van der Waals surface area (Å²) in [6.07, 6.45) is 2.24. The Morgan fingerprint density at radius 3 is 1.47 bits per heavy atom. The van der Waals surface area contributed by atoms with Gasteiger partial charge in [0.2, 0.25) is 0 Å². The van der Waals surface area contributed by atoms with Gasteiger partial charge in [-0.2, -0.15) is 0 Å². The van der Waals surface area contributed by atoms with Crippen LogP contribution >= 0.6 is 98.4 Å². The van der Waals surface area contributed by atoms with Gasteiger partial charge in [0.25, 0.3) is 16.6 Å². The Labute approximate surface area is 599 Å². The number of halogens is 6. The summed E-state index contributed by atoms with van der Waals surface area (Å²) in [5, 5.41) is 69.5. The summed E-state index contributed by atoms with van der Waals surface area (Å²) in [5.41, 5.74) is 2.27. The molecule has 2 saturated heterocycles. The zero-order chi connectivity index (χ0) is 66.5. The molecule has 7 N–H and O–H groups in total. The quantitative estimate of drug-likeness (QED) is 0.0589. The number of hydrogen-bond acceptors (Lipinski definition) is 16. The van der Waals surface area contributed by atoms with Crippen molar-refractivity contribution in [1.82, 2.24) is 0 Å². The Morgan fingerprint density at radius 1 is 0.580 bits per heavy atom. The number of rotatable bonds is 14. The standard InChI is InChI=1S/C21H36O5Si.C21H34O3Si.C13H18O7.C9H16O.I3.I2.HI/c1-9-15-13(2)18(22)19(23)20(25-15)14-10-11-16(24-6)17(12-14)26-27(7,8)21(3,4)5;1-9-17-15(2)10-12-18(23-17)16-11-13-19(22-6)20(14-16)24-25(7,8)21(3,4)5;1-19-8-3-2-6(4-7(8)15)13-12(18)11(17)10(16)9(5-14)20-13;1-4-9-8(3)7(2)5-6-10-9;1-3-2;1-2;/h10-13,15,18-20,22-23H,9H2,1-8H3;11-15,17H,9-10H2,1-8H3;2-4,9-18H,5H2,1H3;5-9H,4H2,1-3H3;;;1H/q;;;;-1;;/t13-,15-,18+,19+,20-;15-,17+;9-,10-,11+,12+,13-;7-,8+,9-;;;/m1011.../s1. The summed E-state index contributed by atoms with van der Waals surface area (Å²) in [4.78, 5) is 0. The molecule has 0 saturated carbocycles. The van der Waals surface area contributed by atoms with Crippen LogP contribution in [0.4, 0.5) is 0 Å². The average molecular weight is 1950 g/mol. The topological polar surface area (TPSA) is 225 Å². The van der Waals surface area contributed by atoms with E-state index in [4.69, 9.17) is 47.1 Å². The van der Waals surface area contributed by atoms with E-state index in [0.717, 1.165) is 54.1 Å². The van der Waals surface area contributed by atoms with E-state index in [0.29, 0.717) is 54.2 Å². The van der Waals surface area contributed by atoms with Crippen LogP contribution in [0.1, 0.15) is 145 Å². The van der Waals surface area contributed by atoms with Crippen LogP contribution in [0, 0.1) is 23.7 Å². The van der Waals surface area contributed by atoms with Gasteiger partial charge in [0.1, 0.15) is 72.2 Å². The molecule has 88 heavy (non-hydrogen) atoms. The van der Waals surface area contributed by atoms with Crippen molar-refractivity contribution < 1.29 is 91.0 Å². The monoisotopic (exact) mass is 1950 g/mol. The van der Waals surface area contributed by atoms with Gasteiger partial charge in [-0.3, -0.25) is 0 Å². The van der Waals surface area contributed by atoms with E-state index in [1.165, 1.54) is 19.2 Å². The van der Waals surface area contributed by atoms with Gasteiger partial charge < -0.3 is 77.8 Å². The van der Waals surface area contributed by atoms with E-state index >= 15 is 0 Å². The predicted octanol–water partition coefficient (Wildman–Crippen LogP) is 13.2. The van der Waals surface area contributed by atoms with Crippen molar-refractivity contribution in [2.24, 2.45) is 23.7 Å². The number of aromatic hydroxyl groups is 1. The number of ether oxygens (including phenoxy) is 7. The Morgan fingerprint density at radius 2 is 1.02 bits per heavy atom. The van der Waals surface area contributed by atoms with Gasteiger partial charge in [0.15, 0.2) is 23.0 Å². The molecule has 16 nitrogen and oxygen atoms in total. The molecule has 0 aliphatic carbocycles. The molecule has 24 heteroatoms. The molecule has 7 rings (SSSR count). The fourth-order valence-electron chi connectivity index (χ4n) is 9.64. The first-order valence-electron chi connectivity index (χ1n) is 29.8. The molecule has 4 aliphatic rings. The van der Waals surface area contributed by atoms with Gasteiger partial charge in [-0.15, -0.1) is 24.0 Å². The van der Waals surface area contributed by atoms with Crippen LogP contribution in [0.2, 0.25) is 36.3 Å². The predicted molar refractivity (Wildman–Crippen MR) is 399 cm³/mol. The number of aliphatic hydroxyl groups excluding tert-OH is 6. The summed E-state index contributed by atoms with van der Waals surface area (Å²) in [7, 11) is 0.724. The van der Waals surface area contributed by atoms with Crippen molar-refractivity contribution in [2.45, 2.75) is 219 Å². The Hall–Kier alpha value is 0.0338. The first-order valence-corrected chi connectivity index (χ1v) is 54.5. The molecule has 0 amide bonds. The second-order valence-electron chi connectivity index (χ2n) is 25.6. The van der Waals surface area contributed by atoms with Gasteiger partial charge in [-0.05, 0) is 145 Å². The van der Waals surface area contributed by atoms with Gasteiger partial charge >= 0.3 is 50.5 Å². The Kier molecular flexibility index (Phi) is 39.7. The number of benzene rings is 3. The van der Waals surface area contributed by atoms with Crippen LogP contribution in [-0.4, -0.2) is 135 Å². The second-order valence-corrected chi connectivity index (χ2v) is 51.2. The summed E-state index contributed by atoms with van der Waals surface area (Å²) >= 11 is 9.54. The molecular formula is C64H105I6O16Si2-. The van der Waals surface area contributed by atoms with Crippen LogP contribution in [0.15, 0.2) is 73.0 Å². The number of methoxy groups -OCH3 is 3. The fourth-order valence-corrected chi connectivity index (χ4v) is 11.7. The maximum absolute atomic E-state index is 10.6. The number of allylic oxidation sites excluding steroid dienone is 2. The molecule has 3 aromatic carbocycles. The van der Waals surface area contributed by atoms with E-state index in [1.807, 2.05) is 44.4 Å². The number of phenolic OH excluding ortho intramolecular Hbond substituents is 1. The molecule has 3 aromatic rings. The van der Waals surface area contributed by atoms with Crippen LogP contribution in [0.25, 0.3) is 5.76 Å². The molecular weight excluding hydrogens is 1840 g/mol. The summed E-state index contributed by atoms with van der Waals surface area (Å²) in [6, 6.07) is 16.1. The zero-order valence-electron chi connectivity index (χ0n) is 55.2. The molecule has 0 radical (unpaired) electrons. The Balaban J connectivity index is 0.000000591. The van der Waals surface area contributed by atoms with Crippen molar-refractivity contribution in [3.05, 3.63) is 89.7 Å². The van der Waals surface area contributed by atoms with E-state index < -0.39 is 72.1 Å². The van der Waals surface area contributed by atoms with Crippen molar-refractivity contribution >= 4 is 121 Å². The molecule has 0 bridgehead atoms. The molecule has 2 fully saturated rings. The molecule has 4 heterocycles. The second kappa shape index (κ2) is 40.6. The number of phenols is 1. The molecule has 508 valence electrons. The van der Waals surface area contributed by atoms with Crippen LogP contribution in [0.3, 0.4) is 0 Å². The van der Waals surface area contributed by atoms with Gasteiger partial charge in [0, 0.05) is 48.7 Å². The SMILES string of the molecule is CC[C@H]1OC(c2ccc(OC)c(O[Si](C)(C)C(C)(C)C)c2)=CC[C@@H]1C.CC[C@H]1OC=C[C@@H](C)[C@@H]1C.CC[C@H]1O[C@H](c2ccc(OC)c(O[Si](C)(C)C(C)(C)C)c2)[C@@H](O)[C@@H](O)[C@@H]1C.COc1ccc([C@H]2O[C@H](CO)[C@@H](O)[C@H](O)[C@@H]2O)cc1O.I.II.I[I-]I. The van der Waals surface area contributed by atoms with Gasteiger partial charge in [-0.25, -0.2) is 0 Å². The minimum atomic E-state index is -2.06. The van der Waals surface area contributed by atoms with Crippen LogP contribution in [0.5, 0.6) is 34.5 Å². The van der Waals surface area contributed by atoms with Crippen molar-refractivity contribution in [2.75, 3.05) is 27.9 Å². The third-order valence-electron chi connectivity index (χ3n) is 17.7. The summed E-state index contributed by atoms with van der Waals surface area (Å²) in [5.74, 6) is 5.83. The summed E-state index contributed by atoms with van der Waals surface area (Å²) < 4.78 is 52.1. The molecule has 0 aromatic heterocycles. The Bertz CT molecular complexity index is 2550. The van der Waals surface area contributed by atoms with Crippen LogP contribution < -0.4 is 36.3 Å². The molecule has 0 unspecified atom stereocenters. The maximum atomic E-state index is 10.6. The normalized spacial score (nSPS) is 27.6. The summed E-state index contributed by atoms with van der Waals surface area (Å²) in [6.45, 7) is 36.7. The van der Waals surface area contributed by atoms with Crippen LogP contribution in [-0.2, 0) is 18.9 Å². The van der Waals surface area contributed by atoms with Crippen molar-refractivity contribution in [1.29, 1.82) is 0 Å². The van der Waals surface area contributed by atoms with Gasteiger partial charge in [-0.1, -0.05) is 102 Å². The molecule has 15 atom stereocenters. The van der Waals surface area contributed by atoms with Crippen molar-refractivity contribution in [3.8, 4) is 34.5 Å². The zero-order valence-corrected chi connectivity index (χ0v) is 70.3. The third-order valence-corrected chi connectivity index (χ3v) is 26.4. The first kappa shape index (κ1) is 86.0. The van der Waals surface area contributed by atoms with Gasteiger partial charge in [0.05, 0.1) is 46.4 Å². The van der Waals surface area contributed by atoms with E-state index in [2.05, 4.69) is 201 Å². The average Bonchev–Trinajstić information content (AvgIpc) is 1.92. The van der Waals surface area contributed by atoms with E-state index in [1.54, 1.807) is 20.3 Å². The first-order chi connectivity index (χ1) is 40.7. The van der Waals surface area contributed by atoms with Crippen molar-refractivity contribution in [3.63, 3.8) is 0 Å². The van der Waals surface area contributed by atoms with E-state index in [-0.39, 0.29) is 63.7 Å². The fraction of sp³-hybridized carbons (Fsp3) is 0.656. The minimum absolute atomic E-state index is 0. The molecule has 4 aliphatic heterocycles. The number of hydrogen-bond donors (Lipinski definition) is 7. The third kappa shape index (κ3) is 24.3. The molecule has 0 spiro atoms. The number of aliphatic hydroxyl groups is 6. The van der Waals surface area contributed by atoms with E-state index in [9.17, 15) is 30.6 Å².